The highest BCUT2D eigenvalue weighted by atomic mass is 16.5. The highest BCUT2D eigenvalue weighted by Crippen LogP contribution is 2.51. The largest absolute Gasteiger partial charge is 0.508 e. The first-order chi connectivity index (χ1) is 18.2. The number of benzene rings is 3. The number of ether oxygens (including phenoxy) is 1. The van der Waals surface area contributed by atoms with E-state index in [2.05, 4.69) is 5.32 Å². The molecule has 2 aliphatic rings. The van der Waals surface area contributed by atoms with Crippen molar-refractivity contribution in [2.24, 2.45) is 11.8 Å². The number of rotatable bonds is 6. The highest BCUT2D eigenvalue weighted by molar-refractivity contribution is 6.24. The van der Waals surface area contributed by atoms with Gasteiger partial charge in [-0.3, -0.25) is 19.7 Å². The number of nitrogens with zero attached hydrogens (tertiary/aromatic N) is 1. The number of aryl methyl sites for hydroxylation is 1. The molecule has 2 saturated heterocycles. The number of phenolic OH excluding ortho intramolecular Hbond substituents is 1. The van der Waals surface area contributed by atoms with E-state index < -0.39 is 47.2 Å². The number of nitrogens with one attached hydrogen (secondary N) is 1. The van der Waals surface area contributed by atoms with Crippen LogP contribution in [-0.4, -0.2) is 46.6 Å². The lowest BCUT2D eigenvalue weighted by atomic mass is 9.76. The van der Waals surface area contributed by atoms with E-state index in [9.17, 15) is 29.4 Å². The number of carbonyl (C=O) groups is 4. The summed E-state index contributed by atoms with van der Waals surface area (Å²) in [5, 5.41) is 23.5. The van der Waals surface area contributed by atoms with Gasteiger partial charge in [-0.1, -0.05) is 42.5 Å². The van der Waals surface area contributed by atoms with Crippen LogP contribution in [0.3, 0.4) is 0 Å². The molecule has 9 nitrogen and oxygen atoms in total. The number of carboxylic acids is 1. The lowest BCUT2D eigenvalue weighted by Gasteiger charge is -2.31. The Labute approximate surface area is 218 Å². The number of para-hydroxylation sites is 1. The molecular weight excluding hydrogens is 488 g/mol. The Balaban J connectivity index is 1.64. The molecule has 194 valence electrons. The number of hydrogen-bond acceptors (Lipinski definition) is 7. The zero-order valence-corrected chi connectivity index (χ0v) is 20.8. The predicted molar refractivity (Wildman–Crippen MR) is 136 cm³/mol. The fourth-order valence-electron chi connectivity index (χ4n) is 5.66. The summed E-state index contributed by atoms with van der Waals surface area (Å²) in [6, 6.07) is 18.6. The van der Waals surface area contributed by atoms with Crippen molar-refractivity contribution in [3.05, 3.63) is 95.1 Å². The fourth-order valence-corrected chi connectivity index (χ4v) is 5.66. The number of imide groups is 1. The van der Waals surface area contributed by atoms with Gasteiger partial charge >= 0.3 is 11.9 Å². The van der Waals surface area contributed by atoms with Crippen LogP contribution < -0.4 is 10.2 Å². The molecule has 0 aromatic heterocycles. The molecule has 3 aromatic rings. The zero-order chi connectivity index (χ0) is 27.2. The maximum absolute atomic E-state index is 14.0. The average Bonchev–Trinajstić information content (AvgIpc) is 3.39. The Hall–Kier alpha value is -4.50. The van der Waals surface area contributed by atoms with Gasteiger partial charge in [-0.15, -0.1) is 0 Å². The first kappa shape index (κ1) is 25.2. The Morgan fingerprint density at radius 3 is 2.24 bits per heavy atom. The van der Waals surface area contributed by atoms with Crippen molar-refractivity contribution in [3.8, 4) is 5.75 Å². The lowest BCUT2D eigenvalue weighted by Crippen LogP contribution is -2.57. The van der Waals surface area contributed by atoms with Gasteiger partial charge in [-0.2, -0.15) is 0 Å². The second-order valence-corrected chi connectivity index (χ2v) is 9.66. The Morgan fingerprint density at radius 2 is 1.63 bits per heavy atom. The van der Waals surface area contributed by atoms with Crippen LogP contribution >= 0.6 is 0 Å². The number of fused-ring (bicyclic) bond motifs is 1. The van der Waals surface area contributed by atoms with Crippen molar-refractivity contribution in [3.63, 3.8) is 0 Å². The molecule has 9 heteroatoms. The number of hydrogen-bond donors (Lipinski definition) is 3. The smallest absolute Gasteiger partial charge is 0.337 e. The monoisotopic (exact) mass is 514 g/mol. The van der Waals surface area contributed by atoms with Crippen LogP contribution in [0.15, 0.2) is 72.8 Å². The molecule has 5 rings (SSSR count). The minimum Gasteiger partial charge on any atom is -0.508 e. The summed E-state index contributed by atoms with van der Waals surface area (Å²) < 4.78 is 4.76. The molecule has 2 fully saturated rings. The summed E-state index contributed by atoms with van der Waals surface area (Å²) in [5.74, 6) is -5.04. The van der Waals surface area contributed by atoms with Crippen LogP contribution in [0.25, 0.3) is 0 Å². The van der Waals surface area contributed by atoms with E-state index >= 15 is 0 Å². The van der Waals surface area contributed by atoms with Gasteiger partial charge < -0.3 is 14.9 Å². The molecule has 0 saturated carbocycles. The summed E-state index contributed by atoms with van der Waals surface area (Å²) >= 11 is 0. The highest BCUT2D eigenvalue weighted by Gasteiger charge is 2.68. The number of phenols is 1. The Bertz CT molecular complexity index is 1430. The molecule has 0 spiro atoms. The summed E-state index contributed by atoms with van der Waals surface area (Å²) in [4.78, 5) is 53.9. The predicted octanol–water partition coefficient (Wildman–Crippen LogP) is 3.00. The second-order valence-electron chi connectivity index (χ2n) is 9.66. The zero-order valence-electron chi connectivity index (χ0n) is 20.8. The molecule has 0 radical (unpaired) electrons. The number of aromatic hydroxyl groups is 1. The third-order valence-electron chi connectivity index (χ3n) is 7.50. The van der Waals surface area contributed by atoms with Gasteiger partial charge in [0.2, 0.25) is 11.8 Å². The number of anilines is 1. The number of carbonyl (C=O) groups excluding carboxylic acids is 3. The number of esters is 1. The molecule has 3 N–H and O–H groups in total. The van der Waals surface area contributed by atoms with Crippen molar-refractivity contribution in [2.45, 2.75) is 24.9 Å². The minimum atomic E-state index is -1.81. The van der Waals surface area contributed by atoms with Gasteiger partial charge in [0.1, 0.15) is 11.3 Å². The van der Waals surface area contributed by atoms with Crippen LogP contribution in [0.1, 0.15) is 33.1 Å². The van der Waals surface area contributed by atoms with Crippen LogP contribution in [-0.2, 0) is 25.5 Å². The number of aliphatic carboxylic acids is 1. The second kappa shape index (κ2) is 9.42. The molecule has 3 aromatic carbocycles. The molecule has 4 unspecified atom stereocenters. The van der Waals surface area contributed by atoms with E-state index in [1.165, 1.54) is 19.2 Å². The Morgan fingerprint density at radius 1 is 0.974 bits per heavy atom. The molecule has 4 atom stereocenters. The summed E-state index contributed by atoms with van der Waals surface area (Å²) in [6.07, 6.45) is -0.0961. The van der Waals surface area contributed by atoms with E-state index in [0.717, 1.165) is 4.90 Å². The molecule has 0 aliphatic carbocycles. The van der Waals surface area contributed by atoms with Gasteiger partial charge in [0.25, 0.3) is 0 Å². The topological polar surface area (TPSA) is 133 Å². The average molecular weight is 515 g/mol. The van der Waals surface area contributed by atoms with Crippen molar-refractivity contribution in [1.29, 1.82) is 0 Å². The maximum atomic E-state index is 14.0. The van der Waals surface area contributed by atoms with Crippen LogP contribution in [0.4, 0.5) is 5.69 Å². The van der Waals surface area contributed by atoms with Crippen molar-refractivity contribution >= 4 is 29.4 Å². The van der Waals surface area contributed by atoms with Crippen molar-refractivity contribution in [2.75, 3.05) is 12.0 Å². The van der Waals surface area contributed by atoms with Crippen molar-refractivity contribution < 1.29 is 34.1 Å². The van der Waals surface area contributed by atoms with E-state index in [1.54, 1.807) is 67.6 Å². The van der Waals surface area contributed by atoms with E-state index in [-0.39, 0.29) is 12.2 Å². The molecule has 2 amide bonds. The van der Waals surface area contributed by atoms with Crippen LogP contribution in [0, 0.1) is 18.8 Å². The van der Waals surface area contributed by atoms with Crippen LogP contribution in [0.2, 0.25) is 0 Å². The van der Waals surface area contributed by atoms with E-state index in [1.807, 2.05) is 0 Å². The minimum absolute atomic E-state index is 0.0248. The normalized spacial score (nSPS) is 24.4. The first-order valence-electron chi connectivity index (χ1n) is 12.1. The summed E-state index contributed by atoms with van der Waals surface area (Å²) in [5.41, 5.74) is 0.759. The van der Waals surface area contributed by atoms with E-state index in [4.69, 9.17) is 4.74 Å². The first-order valence-corrected chi connectivity index (χ1v) is 12.1. The summed E-state index contributed by atoms with van der Waals surface area (Å²) in [7, 11) is 1.27. The van der Waals surface area contributed by atoms with Crippen molar-refractivity contribution in [1.82, 2.24) is 5.32 Å². The molecule has 2 heterocycles. The van der Waals surface area contributed by atoms with Gasteiger partial charge in [0.05, 0.1) is 30.2 Å². The van der Waals surface area contributed by atoms with Gasteiger partial charge in [0.15, 0.2) is 0 Å². The van der Waals surface area contributed by atoms with Gasteiger partial charge in [-0.05, 0) is 53.9 Å². The third-order valence-corrected chi connectivity index (χ3v) is 7.50. The number of methoxy groups -OCH3 is 1. The number of amides is 2. The Kier molecular flexibility index (Phi) is 6.24. The fraction of sp³-hybridized carbons (Fsp3) is 0.241. The van der Waals surface area contributed by atoms with Gasteiger partial charge in [-0.25, -0.2) is 9.69 Å². The SMILES string of the molecule is COC(=O)c1ccc(C2NC(Cc3ccc(O)cc3)(C(=O)O)C3C(=O)N(c4ccccc4C)C(=O)C23)cc1. The van der Waals surface area contributed by atoms with Crippen LogP contribution in [0.5, 0.6) is 5.75 Å². The quantitative estimate of drug-likeness (QED) is 0.338. The maximum Gasteiger partial charge on any atom is 0.337 e. The lowest BCUT2D eigenvalue weighted by molar-refractivity contribution is -0.148. The number of carboxylic acid groups (broad SMARTS) is 1. The molecule has 0 bridgehead atoms. The molecule has 38 heavy (non-hydrogen) atoms. The summed E-state index contributed by atoms with van der Waals surface area (Å²) in [6.45, 7) is 1.78. The molecular formula is C29H26N2O7. The standard InChI is InChI=1S/C29H26N2O7/c1-16-5-3-4-6-21(16)31-25(33)22-23(26(31)34)29(28(36)37,15-17-7-13-20(32)14-8-17)30-24(22)18-9-11-19(12-10-18)27(35)38-2/h3-14,22-24,30,32H,15H2,1-2H3,(H,36,37). The molecule has 2 aliphatic heterocycles. The van der Waals surface area contributed by atoms with Gasteiger partial charge in [0, 0.05) is 12.5 Å². The van der Waals surface area contributed by atoms with E-state index in [0.29, 0.717) is 27.9 Å². The third kappa shape index (κ3) is 3.92.